The van der Waals surface area contributed by atoms with E-state index >= 15 is 0 Å². The molecule has 0 aliphatic carbocycles. The molecule has 0 aliphatic heterocycles. The molecule has 0 atom stereocenters. The number of hydrogen-bond donors (Lipinski definition) is 2. The van der Waals surface area contributed by atoms with Gasteiger partial charge in [-0.25, -0.2) is 22.9 Å². The number of nitrogen functional groups attached to an aromatic ring is 1. The van der Waals surface area contributed by atoms with E-state index in [9.17, 15) is 13.6 Å². The minimum Gasteiger partial charge on any atom is -0.481 e. The van der Waals surface area contributed by atoms with Crippen molar-refractivity contribution in [1.82, 2.24) is 19.6 Å². The molecule has 10 nitrogen and oxygen atoms in total. The molecule has 4 rings (SSSR count). The maximum atomic E-state index is 13.7. The number of methoxy groups -OCH3 is 2. The number of ether oxygens (including phenoxy) is 3. The quantitative estimate of drug-likeness (QED) is 0.165. The van der Waals surface area contributed by atoms with Crippen LogP contribution in [0.2, 0.25) is 0 Å². The lowest BCUT2D eigenvalue weighted by Crippen LogP contribution is -2.14. The molecule has 0 fully saturated rings. The van der Waals surface area contributed by atoms with Gasteiger partial charge in [0, 0.05) is 22.3 Å². The molecule has 0 amide bonds. The normalized spacial score (nSPS) is 10.2. The molecule has 4 aromatic rings. The Balaban J connectivity index is 0.000000281. The molecule has 0 unspecified atom stereocenters. The highest BCUT2D eigenvalue weighted by molar-refractivity contribution is 5.94. The summed E-state index contributed by atoms with van der Waals surface area (Å²) < 4.78 is 45.8. The zero-order valence-corrected chi connectivity index (χ0v) is 24.2. The van der Waals surface area contributed by atoms with E-state index in [0.29, 0.717) is 39.7 Å². The zero-order chi connectivity index (χ0) is 29.4. The summed E-state index contributed by atoms with van der Waals surface area (Å²) in [6, 6.07) is 12.9. The summed E-state index contributed by atoms with van der Waals surface area (Å²) in [6.45, 7) is 5.87. The number of carbonyl (C=O) groups excluding carboxylic acids is 1. The lowest BCUT2D eigenvalue weighted by molar-refractivity contribution is 0.0517. The molecule has 41 heavy (non-hydrogen) atoms. The van der Waals surface area contributed by atoms with Gasteiger partial charge in [0.15, 0.2) is 5.69 Å². The van der Waals surface area contributed by atoms with Gasteiger partial charge >= 0.3 is 5.97 Å². The fourth-order valence-electron chi connectivity index (χ4n) is 4.03. The topological polar surface area (TPSA) is 130 Å². The third kappa shape index (κ3) is 7.60. The maximum Gasteiger partial charge on any atom is 0.359 e. The van der Waals surface area contributed by atoms with Crippen LogP contribution in [-0.2, 0) is 17.8 Å². The number of nitrogens with two attached hydrogens (primary N) is 1. The van der Waals surface area contributed by atoms with Crippen LogP contribution in [0.1, 0.15) is 45.4 Å². The minimum atomic E-state index is -0.513. The minimum absolute atomic E-state index is 0. The molecule has 13 heteroatoms. The molecular weight excluding hydrogens is 558 g/mol. The van der Waals surface area contributed by atoms with Crippen molar-refractivity contribution in [3.8, 4) is 11.8 Å². The summed E-state index contributed by atoms with van der Waals surface area (Å²) >= 11 is 0. The second-order valence-corrected chi connectivity index (χ2v) is 8.60. The number of amidine groups is 1. The summed E-state index contributed by atoms with van der Waals surface area (Å²) in [4.78, 5) is 11.8. The van der Waals surface area contributed by atoms with E-state index in [2.05, 4.69) is 10.2 Å². The Bertz CT molecular complexity index is 1500. The number of esters is 1. The van der Waals surface area contributed by atoms with Gasteiger partial charge in [-0.05, 0) is 32.9 Å². The highest BCUT2D eigenvalue weighted by atomic mass is 35.5. The first-order valence-corrected chi connectivity index (χ1v) is 12.3. The number of halogens is 3. The molecule has 0 bridgehead atoms. The average Bonchev–Trinajstić information content (AvgIpc) is 3.42. The summed E-state index contributed by atoms with van der Waals surface area (Å²) in [5.41, 5.74) is 8.21. The van der Waals surface area contributed by atoms with E-state index in [1.54, 1.807) is 57.2 Å². The van der Waals surface area contributed by atoms with Crippen molar-refractivity contribution in [2.75, 3.05) is 20.8 Å². The Hall–Kier alpha value is -4.45. The van der Waals surface area contributed by atoms with Crippen molar-refractivity contribution in [2.24, 2.45) is 5.73 Å². The van der Waals surface area contributed by atoms with Crippen LogP contribution in [0.15, 0.2) is 48.5 Å². The van der Waals surface area contributed by atoms with Gasteiger partial charge in [0.05, 0.1) is 33.9 Å². The second-order valence-electron chi connectivity index (χ2n) is 8.60. The van der Waals surface area contributed by atoms with E-state index in [-0.39, 0.29) is 55.3 Å². The van der Waals surface area contributed by atoms with E-state index in [0.717, 1.165) is 0 Å². The monoisotopic (exact) mass is 590 g/mol. The van der Waals surface area contributed by atoms with E-state index in [1.807, 2.05) is 0 Å². The van der Waals surface area contributed by atoms with E-state index in [4.69, 9.17) is 25.4 Å². The summed E-state index contributed by atoms with van der Waals surface area (Å²) in [7, 11) is 2.99. The van der Waals surface area contributed by atoms with Crippen LogP contribution < -0.4 is 15.2 Å². The van der Waals surface area contributed by atoms with Crippen LogP contribution in [0.5, 0.6) is 11.8 Å². The SMILES string of the molecule is CCOC(=O)c1nn(Cc2ccccc2F)c(OC)c1C.COc1c(C)c(C(=N)N)nn1Cc1ccccc1F.Cl. The molecule has 2 aromatic heterocycles. The average molecular weight is 591 g/mol. The Labute approximate surface area is 242 Å². The standard InChI is InChI=1S/C15H17FN2O3.C13H15FN4O.ClH/c1-4-21-15(19)13-10(2)14(20-3)18(17-13)9-11-7-5-6-8-12(11)16;1-8-11(12(15)16)17-18(13(8)19-2)7-9-5-3-4-6-10(9)14;/h5-8H,4,9H2,1-3H3;3-6H,7H2,1-2H3,(H3,15,16);1H. The molecule has 2 aromatic carbocycles. The highest BCUT2D eigenvalue weighted by Gasteiger charge is 2.22. The Morgan fingerprint density at radius 3 is 1.66 bits per heavy atom. The molecular formula is C28H33ClF2N6O4. The van der Waals surface area contributed by atoms with E-state index < -0.39 is 5.97 Å². The Kier molecular flexibility index (Phi) is 11.8. The summed E-state index contributed by atoms with van der Waals surface area (Å²) in [5, 5.41) is 15.8. The molecule has 220 valence electrons. The first-order valence-electron chi connectivity index (χ1n) is 12.3. The van der Waals surface area contributed by atoms with Gasteiger partial charge in [-0.2, -0.15) is 10.2 Å². The van der Waals surface area contributed by atoms with Crippen LogP contribution in [0, 0.1) is 30.9 Å². The first-order chi connectivity index (χ1) is 19.1. The van der Waals surface area contributed by atoms with Crippen LogP contribution >= 0.6 is 12.4 Å². The van der Waals surface area contributed by atoms with Crippen LogP contribution in [-0.4, -0.2) is 52.2 Å². The number of rotatable bonds is 9. The third-order valence-electron chi connectivity index (χ3n) is 5.93. The van der Waals surface area contributed by atoms with Gasteiger partial charge < -0.3 is 19.9 Å². The van der Waals surface area contributed by atoms with Crippen molar-refractivity contribution in [2.45, 2.75) is 33.9 Å². The molecule has 0 saturated carbocycles. The summed E-state index contributed by atoms with van der Waals surface area (Å²) in [5.74, 6) is -0.383. The lowest BCUT2D eigenvalue weighted by Gasteiger charge is -2.07. The van der Waals surface area contributed by atoms with Crippen molar-refractivity contribution >= 4 is 24.2 Å². The number of benzene rings is 2. The first kappa shape index (κ1) is 32.8. The number of nitrogens with zero attached hydrogens (tertiary/aromatic N) is 4. The molecule has 0 saturated heterocycles. The van der Waals surface area contributed by atoms with Gasteiger partial charge in [0.1, 0.15) is 23.2 Å². The van der Waals surface area contributed by atoms with Crippen molar-refractivity contribution in [1.29, 1.82) is 5.41 Å². The molecule has 2 heterocycles. The van der Waals surface area contributed by atoms with Crippen LogP contribution in [0.4, 0.5) is 8.78 Å². The number of nitrogens with one attached hydrogen (secondary N) is 1. The third-order valence-corrected chi connectivity index (χ3v) is 5.93. The fourth-order valence-corrected chi connectivity index (χ4v) is 4.03. The van der Waals surface area contributed by atoms with Crippen molar-refractivity contribution in [3.05, 3.63) is 93.8 Å². The number of aromatic nitrogens is 4. The Morgan fingerprint density at radius 2 is 1.27 bits per heavy atom. The zero-order valence-electron chi connectivity index (χ0n) is 23.4. The predicted octanol–water partition coefficient (Wildman–Crippen LogP) is 4.66. The summed E-state index contributed by atoms with van der Waals surface area (Å²) in [6.07, 6.45) is 0. The van der Waals surface area contributed by atoms with Gasteiger partial charge in [-0.1, -0.05) is 36.4 Å². The van der Waals surface area contributed by atoms with Gasteiger partial charge in [0.25, 0.3) is 0 Å². The largest absolute Gasteiger partial charge is 0.481 e. The van der Waals surface area contributed by atoms with Crippen molar-refractivity contribution < 1.29 is 27.8 Å². The fraction of sp³-hybridized carbons (Fsp3) is 0.286. The van der Waals surface area contributed by atoms with Crippen LogP contribution in [0.25, 0.3) is 0 Å². The van der Waals surface area contributed by atoms with Gasteiger partial charge in [-0.3, -0.25) is 5.41 Å². The molecule has 3 N–H and O–H groups in total. The van der Waals surface area contributed by atoms with Crippen molar-refractivity contribution in [3.63, 3.8) is 0 Å². The van der Waals surface area contributed by atoms with Gasteiger partial charge in [0.2, 0.25) is 11.8 Å². The smallest absolute Gasteiger partial charge is 0.359 e. The lowest BCUT2D eigenvalue weighted by atomic mass is 10.2. The highest BCUT2D eigenvalue weighted by Crippen LogP contribution is 2.24. The number of carbonyl (C=O) groups is 1. The molecule has 0 spiro atoms. The molecule has 0 radical (unpaired) electrons. The maximum absolute atomic E-state index is 13.7. The predicted molar refractivity (Wildman–Crippen MR) is 152 cm³/mol. The second kappa shape index (κ2) is 14.8. The van der Waals surface area contributed by atoms with E-state index in [1.165, 1.54) is 35.7 Å². The van der Waals surface area contributed by atoms with Gasteiger partial charge in [-0.15, -0.1) is 12.4 Å². The van der Waals surface area contributed by atoms with Crippen LogP contribution in [0.3, 0.4) is 0 Å². The Morgan fingerprint density at radius 1 is 0.854 bits per heavy atom. The number of hydrogen-bond acceptors (Lipinski definition) is 7. The molecule has 0 aliphatic rings.